The first-order valence-electron chi connectivity index (χ1n) is 4.63. The van der Waals surface area contributed by atoms with E-state index in [1.54, 1.807) is 7.11 Å². The Morgan fingerprint density at radius 2 is 2.07 bits per heavy atom. The number of methoxy groups -OCH3 is 1. The molecule has 0 aliphatic carbocycles. The Morgan fingerprint density at radius 3 is 2.64 bits per heavy atom. The van der Waals surface area contributed by atoms with Crippen LogP contribution in [0.15, 0.2) is 0 Å². The minimum absolute atomic E-state index is 0.113. The van der Waals surface area contributed by atoms with Crippen molar-refractivity contribution in [2.45, 2.75) is 25.9 Å². The molecule has 0 aromatic heterocycles. The number of carbonyl (C=O) groups is 1. The Labute approximate surface area is 84.0 Å². The van der Waals surface area contributed by atoms with Gasteiger partial charge < -0.3 is 19.3 Å². The Morgan fingerprint density at radius 1 is 1.36 bits per heavy atom. The summed E-state index contributed by atoms with van der Waals surface area (Å²) in [6, 6.07) is 0. The summed E-state index contributed by atoms with van der Waals surface area (Å²) in [6.07, 6.45) is 0.359. The van der Waals surface area contributed by atoms with Crippen LogP contribution in [0.3, 0.4) is 0 Å². The summed E-state index contributed by atoms with van der Waals surface area (Å²) < 4.78 is 14.5. The average Bonchev–Trinajstić information content (AvgIpc) is 2.13. The molecule has 84 valence electrons. The van der Waals surface area contributed by atoms with Gasteiger partial charge in [-0.05, 0) is 19.8 Å². The van der Waals surface area contributed by atoms with E-state index >= 15 is 0 Å². The zero-order chi connectivity index (χ0) is 10.8. The molecule has 5 heteroatoms. The molecule has 0 radical (unpaired) electrons. The van der Waals surface area contributed by atoms with E-state index in [4.69, 9.17) is 14.6 Å². The molecule has 5 nitrogen and oxygen atoms in total. The molecule has 0 aromatic carbocycles. The van der Waals surface area contributed by atoms with Crippen molar-refractivity contribution in [3.63, 3.8) is 0 Å². The van der Waals surface area contributed by atoms with E-state index in [0.717, 1.165) is 6.42 Å². The van der Waals surface area contributed by atoms with Crippen LogP contribution in [0, 0.1) is 0 Å². The fourth-order valence-corrected chi connectivity index (χ4v) is 0.946. The van der Waals surface area contributed by atoms with Crippen molar-refractivity contribution >= 4 is 6.16 Å². The van der Waals surface area contributed by atoms with Gasteiger partial charge in [-0.15, -0.1) is 0 Å². The summed E-state index contributed by atoms with van der Waals surface area (Å²) in [5.41, 5.74) is 0. The van der Waals surface area contributed by atoms with Crippen molar-refractivity contribution < 1.29 is 24.1 Å². The molecule has 0 aliphatic heterocycles. The largest absolute Gasteiger partial charge is 0.505 e. The van der Waals surface area contributed by atoms with Gasteiger partial charge in [0.1, 0.15) is 0 Å². The molecule has 0 amide bonds. The monoisotopic (exact) mass is 206 g/mol. The third-order valence-electron chi connectivity index (χ3n) is 1.67. The first-order valence-corrected chi connectivity index (χ1v) is 4.63. The number of carboxylic acid groups (broad SMARTS) is 1. The topological polar surface area (TPSA) is 65.0 Å². The van der Waals surface area contributed by atoms with E-state index in [9.17, 15) is 4.79 Å². The van der Waals surface area contributed by atoms with Gasteiger partial charge >= 0.3 is 6.16 Å². The summed E-state index contributed by atoms with van der Waals surface area (Å²) in [5.74, 6) is 0. The lowest BCUT2D eigenvalue weighted by atomic mass is 10.2. The smallest absolute Gasteiger partial charge is 0.450 e. The molecular formula is C9H18O5. The Kier molecular flexibility index (Phi) is 8.27. The van der Waals surface area contributed by atoms with Gasteiger partial charge in [-0.25, -0.2) is 4.79 Å². The van der Waals surface area contributed by atoms with Crippen molar-refractivity contribution in [2.75, 3.05) is 26.9 Å². The predicted octanol–water partition coefficient (Wildman–Crippen LogP) is 1.51. The second-order valence-corrected chi connectivity index (χ2v) is 2.93. The lowest BCUT2D eigenvalue weighted by Crippen LogP contribution is -2.13. The van der Waals surface area contributed by atoms with Crippen LogP contribution in [-0.4, -0.2) is 44.3 Å². The van der Waals surface area contributed by atoms with Crippen LogP contribution >= 0.6 is 0 Å². The molecule has 0 saturated heterocycles. The maximum atomic E-state index is 9.98. The minimum atomic E-state index is -1.22. The molecule has 0 aromatic rings. The quantitative estimate of drug-likeness (QED) is 0.481. The molecule has 0 saturated carbocycles. The molecule has 0 aliphatic rings. The summed E-state index contributed by atoms with van der Waals surface area (Å²) in [5, 5.41) is 8.18. The number of ether oxygens (including phenoxy) is 3. The molecular weight excluding hydrogens is 188 g/mol. The fourth-order valence-electron chi connectivity index (χ4n) is 0.946. The molecule has 0 bridgehead atoms. The van der Waals surface area contributed by atoms with E-state index in [-0.39, 0.29) is 12.7 Å². The highest BCUT2D eigenvalue weighted by Gasteiger charge is 2.02. The van der Waals surface area contributed by atoms with E-state index in [0.29, 0.717) is 19.6 Å². The second-order valence-electron chi connectivity index (χ2n) is 2.93. The van der Waals surface area contributed by atoms with Gasteiger partial charge in [0, 0.05) is 7.11 Å². The van der Waals surface area contributed by atoms with Crippen LogP contribution in [0.4, 0.5) is 4.79 Å². The van der Waals surface area contributed by atoms with Gasteiger partial charge in [-0.2, -0.15) is 0 Å². The molecule has 1 N–H and O–H groups in total. The predicted molar refractivity (Wildman–Crippen MR) is 50.5 cm³/mol. The average molecular weight is 206 g/mol. The standard InChI is InChI=1S/C9H18O5/c1-8(13-7-6-12-2)4-3-5-14-9(10)11/h8H,3-7H2,1-2H3,(H,10,11). The number of hydrogen-bond donors (Lipinski definition) is 1. The van der Waals surface area contributed by atoms with Gasteiger partial charge in [-0.1, -0.05) is 0 Å². The molecule has 1 atom stereocenters. The van der Waals surface area contributed by atoms with Gasteiger partial charge in [0.25, 0.3) is 0 Å². The van der Waals surface area contributed by atoms with Crippen LogP contribution < -0.4 is 0 Å². The fraction of sp³-hybridized carbons (Fsp3) is 0.889. The van der Waals surface area contributed by atoms with Crippen molar-refractivity contribution in [2.24, 2.45) is 0 Å². The van der Waals surface area contributed by atoms with Gasteiger partial charge in [0.15, 0.2) is 0 Å². The lowest BCUT2D eigenvalue weighted by molar-refractivity contribution is 0.0176. The normalized spacial score (nSPS) is 12.4. The van der Waals surface area contributed by atoms with Gasteiger partial charge in [-0.3, -0.25) is 0 Å². The van der Waals surface area contributed by atoms with Crippen LogP contribution in [0.5, 0.6) is 0 Å². The van der Waals surface area contributed by atoms with Gasteiger partial charge in [0.05, 0.1) is 25.9 Å². The summed E-state index contributed by atoms with van der Waals surface area (Å²) in [4.78, 5) is 9.98. The van der Waals surface area contributed by atoms with Crippen LogP contribution in [0.1, 0.15) is 19.8 Å². The van der Waals surface area contributed by atoms with Crippen LogP contribution in [-0.2, 0) is 14.2 Å². The Balaban J connectivity index is 3.18. The highest BCUT2D eigenvalue weighted by molar-refractivity contribution is 5.56. The number of rotatable bonds is 8. The SMILES string of the molecule is COCCOC(C)CCCOC(=O)O. The van der Waals surface area contributed by atoms with E-state index < -0.39 is 6.16 Å². The summed E-state index contributed by atoms with van der Waals surface area (Å²) in [7, 11) is 1.62. The highest BCUT2D eigenvalue weighted by Crippen LogP contribution is 2.01. The van der Waals surface area contributed by atoms with Crippen molar-refractivity contribution in [1.29, 1.82) is 0 Å². The molecule has 0 spiro atoms. The maximum absolute atomic E-state index is 9.98. The Bertz CT molecular complexity index is 148. The molecule has 0 fully saturated rings. The zero-order valence-electron chi connectivity index (χ0n) is 8.69. The maximum Gasteiger partial charge on any atom is 0.505 e. The van der Waals surface area contributed by atoms with E-state index in [1.165, 1.54) is 0 Å². The summed E-state index contributed by atoms with van der Waals surface area (Å²) in [6.45, 7) is 3.32. The first-order chi connectivity index (χ1) is 6.66. The zero-order valence-corrected chi connectivity index (χ0v) is 8.69. The van der Waals surface area contributed by atoms with Crippen molar-refractivity contribution in [3.05, 3.63) is 0 Å². The minimum Gasteiger partial charge on any atom is -0.450 e. The van der Waals surface area contributed by atoms with Crippen molar-refractivity contribution in [3.8, 4) is 0 Å². The molecule has 1 unspecified atom stereocenters. The molecule has 0 rings (SSSR count). The molecule has 14 heavy (non-hydrogen) atoms. The lowest BCUT2D eigenvalue weighted by Gasteiger charge is -2.11. The summed E-state index contributed by atoms with van der Waals surface area (Å²) >= 11 is 0. The molecule has 0 heterocycles. The van der Waals surface area contributed by atoms with Crippen molar-refractivity contribution in [1.82, 2.24) is 0 Å². The van der Waals surface area contributed by atoms with Gasteiger partial charge in [0.2, 0.25) is 0 Å². The second kappa shape index (κ2) is 8.77. The third-order valence-corrected chi connectivity index (χ3v) is 1.67. The van der Waals surface area contributed by atoms with Crippen LogP contribution in [0.25, 0.3) is 0 Å². The Hall–Kier alpha value is -0.810. The highest BCUT2D eigenvalue weighted by atomic mass is 16.7. The van der Waals surface area contributed by atoms with E-state index in [1.807, 2.05) is 6.92 Å². The van der Waals surface area contributed by atoms with E-state index in [2.05, 4.69) is 4.74 Å². The number of hydrogen-bond acceptors (Lipinski definition) is 4. The first kappa shape index (κ1) is 13.2. The van der Waals surface area contributed by atoms with Crippen LogP contribution in [0.2, 0.25) is 0 Å². The third kappa shape index (κ3) is 9.28.